The average Bonchev–Trinajstić information content (AvgIpc) is 3.08. The second-order valence-corrected chi connectivity index (χ2v) is 7.37. The minimum atomic E-state index is -0.903. The van der Waals surface area contributed by atoms with Crippen molar-refractivity contribution in [3.8, 4) is 11.5 Å². The standard InChI is InChI=1S/C23H27NO5/c1-16-5-3-8-21(17(16)2)29-12-11-28-20-7-4-6-18(13-20)9-10-24-15-19(23(26)27)14-22(24)25/h3-8,13,19H,9-12,14-15H2,1-2H3,(H,26,27). The van der Waals surface area contributed by atoms with Gasteiger partial charge in [-0.15, -0.1) is 0 Å². The second kappa shape index (κ2) is 9.45. The Morgan fingerprint density at radius 1 is 1.14 bits per heavy atom. The molecule has 0 bridgehead atoms. The third-order valence-corrected chi connectivity index (χ3v) is 5.30. The normalized spacial score (nSPS) is 16.1. The summed E-state index contributed by atoms with van der Waals surface area (Å²) < 4.78 is 11.6. The van der Waals surface area contributed by atoms with Gasteiger partial charge in [0.2, 0.25) is 5.91 Å². The van der Waals surface area contributed by atoms with E-state index >= 15 is 0 Å². The van der Waals surface area contributed by atoms with Crippen molar-refractivity contribution in [2.45, 2.75) is 26.7 Å². The van der Waals surface area contributed by atoms with E-state index in [1.54, 1.807) is 4.90 Å². The van der Waals surface area contributed by atoms with Crippen molar-refractivity contribution in [3.63, 3.8) is 0 Å². The number of carbonyl (C=O) groups excluding carboxylic acids is 1. The number of aryl methyl sites for hydroxylation is 1. The topological polar surface area (TPSA) is 76.1 Å². The molecule has 0 aliphatic carbocycles. The number of amides is 1. The molecule has 1 fully saturated rings. The minimum Gasteiger partial charge on any atom is -0.490 e. The lowest BCUT2D eigenvalue weighted by molar-refractivity contribution is -0.141. The molecule has 2 aromatic carbocycles. The Balaban J connectivity index is 1.45. The molecule has 1 atom stereocenters. The third kappa shape index (κ3) is 5.50. The van der Waals surface area contributed by atoms with Gasteiger partial charge in [0.05, 0.1) is 5.92 Å². The van der Waals surface area contributed by atoms with Gasteiger partial charge in [0.25, 0.3) is 0 Å². The van der Waals surface area contributed by atoms with E-state index in [9.17, 15) is 9.59 Å². The summed E-state index contributed by atoms with van der Waals surface area (Å²) in [6, 6.07) is 13.7. The van der Waals surface area contributed by atoms with Gasteiger partial charge in [0, 0.05) is 19.5 Å². The highest BCUT2D eigenvalue weighted by Crippen LogP contribution is 2.21. The number of aliphatic carboxylic acids is 1. The lowest BCUT2D eigenvalue weighted by Gasteiger charge is -2.16. The van der Waals surface area contributed by atoms with Crippen molar-refractivity contribution in [2.24, 2.45) is 5.92 Å². The molecule has 6 nitrogen and oxygen atoms in total. The van der Waals surface area contributed by atoms with Gasteiger partial charge in [0.15, 0.2) is 0 Å². The Hall–Kier alpha value is -3.02. The zero-order valence-corrected chi connectivity index (χ0v) is 16.9. The first kappa shape index (κ1) is 20.7. The first-order valence-corrected chi connectivity index (χ1v) is 9.85. The van der Waals surface area contributed by atoms with Gasteiger partial charge < -0.3 is 19.5 Å². The summed E-state index contributed by atoms with van der Waals surface area (Å²) in [7, 11) is 0. The van der Waals surface area contributed by atoms with Crippen molar-refractivity contribution in [1.29, 1.82) is 0 Å². The Bertz CT molecular complexity index is 879. The molecule has 1 unspecified atom stereocenters. The molecule has 1 saturated heterocycles. The molecule has 0 saturated carbocycles. The minimum absolute atomic E-state index is 0.0894. The number of ether oxygens (including phenoxy) is 2. The van der Waals surface area contributed by atoms with Crippen molar-refractivity contribution in [3.05, 3.63) is 59.2 Å². The first-order chi connectivity index (χ1) is 13.9. The van der Waals surface area contributed by atoms with Crippen LogP contribution in [0, 0.1) is 19.8 Å². The summed E-state index contributed by atoms with van der Waals surface area (Å²) in [6.45, 7) is 5.79. The van der Waals surface area contributed by atoms with Crippen LogP contribution < -0.4 is 9.47 Å². The van der Waals surface area contributed by atoms with Crippen LogP contribution in [0.5, 0.6) is 11.5 Å². The maximum absolute atomic E-state index is 11.9. The molecule has 2 aromatic rings. The summed E-state index contributed by atoms with van der Waals surface area (Å²) in [5.41, 5.74) is 3.38. The monoisotopic (exact) mass is 397 g/mol. The molecule has 1 N–H and O–H groups in total. The van der Waals surface area contributed by atoms with Gasteiger partial charge in [-0.25, -0.2) is 0 Å². The zero-order chi connectivity index (χ0) is 20.8. The third-order valence-electron chi connectivity index (χ3n) is 5.30. The van der Waals surface area contributed by atoms with Crippen LogP contribution in [0.2, 0.25) is 0 Å². The van der Waals surface area contributed by atoms with E-state index in [-0.39, 0.29) is 12.3 Å². The lowest BCUT2D eigenvalue weighted by atomic mass is 10.1. The fraction of sp³-hybridized carbons (Fsp3) is 0.391. The number of likely N-dealkylation sites (tertiary alicyclic amines) is 1. The number of carbonyl (C=O) groups is 2. The van der Waals surface area contributed by atoms with Crippen molar-refractivity contribution in [2.75, 3.05) is 26.3 Å². The van der Waals surface area contributed by atoms with E-state index in [0.29, 0.717) is 32.7 Å². The Labute approximate surface area is 171 Å². The maximum atomic E-state index is 11.9. The van der Waals surface area contributed by atoms with Crippen LogP contribution in [0.25, 0.3) is 0 Å². The largest absolute Gasteiger partial charge is 0.490 e. The van der Waals surface area contributed by atoms with Crippen LogP contribution in [0.1, 0.15) is 23.1 Å². The molecule has 154 valence electrons. The molecule has 1 amide bonds. The predicted molar refractivity (Wildman–Crippen MR) is 109 cm³/mol. The van der Waals surface area contributed by atoms with Crippen LogP contribution >= 0.6 is 0 Å². The average molecular weight is 397 g/mol. The molecular weight excluding hydrogens is 370 g/mol. The molecule has 1 aliphatic rings. The number of rotatable bonds is 9. The van der Waals surface area contributed by atoms with Gasteiger partial charge in [-0.2, -0.15) is 0 Å². The van der Waals surface area contributed by atoms with E-state index in [1.165, 1.54) is 5.56 Å². The maximum Gasteiger partial charge on any atom is 0.308 e. The number of nitrogens with zero attached hydrogens (tertiary/aromatic N) is 1. The van der Waals surface area contributed by atoms with E-state index < -0.39 is 11.9 Å². The SMILES string of the molecule is Cc1cccc(OCCOc2cccc(CCN3CC(C(=O)O)CC3=O)c2)c1C. The molecular formula is C23H27NO5. The Morgan fingerprint density at radius 2 is 1.90 bits per heavy atom. The van der Waals surface area contributed by atoms with Gasteiger partial charge in [-0.3, -0.25) is 9.59 Å². The van der Waals surface area contributed by atoms with Crippen molar-refractivity contribution >= 4 is 11.9 Å². The van der Waals surface area contributed by atoms with E-state index in [4.69, 9.17) is 14.6 Å². The van der Waals surface area contributed by atoms with Crippen LogP contribution in [-0.2, 0) is 16.0 Å². The van der Waals surface area contributed by atoms with E-state index in [2.05, 4.69) is 13.0 Å². The summed E-state index contributed by atoms with van der Waals surface area (Å²) in [5, 5.41) is 9.07. The molecule has 29 heavy (non-hydrogen) atoms. The van der Waals surface area contributed by atoms with Crippen LogP contribution in [0.4, 0.5) is 0 Å². The van der Waals surface area contributed by atoms with Crippen molar-refractivity contribution in [1.82, 2.24) is 4.90 Å². The van der Waals surface area contributed by atoms with E-state index in [0.717, 1.165) is 22.6 Å². The predicted octanol–water partition coefficient (Wildman–Crippen LogP) is 3.24. The lowest BCUT2D eigenvalue weighted by Crippen LogP contribution is -2.28. The van der Waals surface area contributed by atoms with E-state index in [1.807, 2.05) is 43.3 Å². The van der Waals surface area contributed by atoms with Crippen LogP contribution in [0.3, 0.4) is 0 Å². The Morgan fingerprint density at radius 3 is 2.66 bits per heavy atom. The zero-order valence-electron chi connectivity index (χ0n) is 16.9. The van der Waals surface area contributed by atoms with Gasteiger partial charge in [-0.1, -0.05) is 24.3 Å². The summed E-state index contributed by atoms with van der Waals surface area (Å²) in [6.07, 6.45) is 0.757. The number of carboxylic acids is 1. The number of benzene rings is 2. The second-order valence-electron chi connectivity index (χ2n) is 7.37. The van der Waals surface area contributed by atoms with Gasteiger partial charge >= 0.3 is 5.97 Å². The Kier molecular flexibility index (Phi) is 6.75. The first-order valence-electron chi connectivity index (χ1n) is 9.85. The van der Waals surface area contributed by atoms with Crippen LogP contribution in [0.15, 0.2) is 42.5 Å². The molecule has 0 radical (unpaired) electrons. The molecule has 6 heteroatoms. The molecule has 1 heterocycles. The van der Waals surface area contributed by atoms with Gasteiger partial charge in [0.1, 0.15) is 24.7 Å². The van der Waals surface area contributed by atoms with Crippen molar-refractivity contribution < 1.29 is 24.2 Å². The number of hydrogen-bond donors (Lipinski definition) is 1. The van der Waals surface area contributed by atoms with Gasteiger partial charge in [-0.05, 0) is 55.2 Å². The smallest absolute Gasteiger partial charge is 0.308 e. The molecule has 0 spiro atoms. The molecule has 1 aliphatic heterocycles. The number of hydrogen-bond acceptors (Lipinski definition) is 4. The highest BCUT2D eigenvalue weighted by Gasteiger charge is 2.33. The molecule has 0 aromatic heterocycles. The highest BCUT2D eigenvalue weighted by molar-refractivity contribution is 5.86. The highest BCUT2D eigenvalue weighted by atomic mass is 16.5. The fourth-order valence-corrected chi connectivity index (χ4v) is 3.40. The number of carboxylic acid groups (broad SMARTS) is 1. The molecule has 3 rings (SSSR count). The summed E-state index contributed by atoms with van der Waals surface area (Å²) >= 11 is 0. The fourth-order valence-electron chi connectivity index (χ4n) is 3.40. The van der Waals surface area contributed by atoms with Crippen LogP contribution in [-0.4, -0.2) is 48.2 Å². The summed E-state index contributed by atoms with van der Waals surface area (Å²) in [4.78, 5) is 24.6. The summed E-state index contributed by atoms with van der Waals surface area (Å²) in [5.74, 6) is 0.0439. The quantitative estimate of drug-likeness (QED) is 0.658.